The van der Waals surface area contributed by atoms with Gasteiger partial charge in [-0.05, 0) is 47.5 Å². The highest BCUT2D eigenvalue weighted by Gasteiger charge is 2.17. The third kappa shape index (κ3) is 2.85. The van der Waals surface area contributed by atoms with E-state index in [1.807, 2.05) is 30.0 Å². The Morgan fingerprint density at radius 1 is 0.826 bits per heavy atom. The maximum absolute atomic E-state index is 6.13. The smallest absolute Gasteiger partial charge is 0.0529 e. The van der Waals surface area contributed by atoms with Gasteiger partial charge in [0.1, 0.15) is 0 Å². The van der Waals surface area contributed by atoms with Crippen LogP contribution in [-0.4, -0.2) is 0 Å². The number of hydrogen-bond donors (Lipinski definition) is 1. The van der Waals surface area contributed by atoms with Gasteiger partial charge in [0, 0.05) is 20.7 Å². The predicted octanol–water partition coefficient (Wildman–Crippen LogP) is 6.70. The number of halogens is 1. The summed E-state index contributed by atoms with van der Waals surface area (Å²) in [5.41, 5.74) is 4.89. The van der Waals surface area contributed by atoms with Crippen molar-refractivity contribution < 1.29 is 0 Å². The van der Waals surface area contributed by atoms with Crippen molar-refractivity contribution in [3.05, 3.63) is 82.9 Å². The number of para-hydroxylation sites is 1. The molecule has 1 atom stereocenters. The molecular formula is C20H16ClNS. The van der Waals surface area contributed by atoms with Crippen LogP contribution in [0.25, 0.3) is 0 Å². The molecule has 3 aromatic rings. The standard InChI is InChI=1S/C20H16ClNS/c1-13(14-5-4-6-16(21)11-14)15-9-10-20-18(12-15)22-17-7-2-3-8-19(17)23-20/h2-13,22H,1H3. The Labute approximate surface area is 145 Å². The summed E-state index contributed by atoms with van der Waals surface area (Å²) >= 11 is 7.95. The van der Waals surface area contributed by atoms with Crippen molar-refractivity contribution in [1.82, 2.24) is 0 Å². The van der Waals surface area contributed by atoms with Crippen LogP contribution in [0, 0.1) is 0 Å². The Balaban J connectivity index is 1.68. The van der Waals surface area contributed by atoms with E-state index in [-0.39, 0.29) is 0 Å². The predicted molar refractivity (Wildman–Crippen MR) is 99.3 cm³/mol. The Morgan fingerprint density at radius 3 is 2.48 bits per heavy atom. The molecule has 3 aromatic carbocycles. The molecule has 1 nitrogen and oxygen atoms in total. The molecule has 0 spiro atoms. The van der Waals surface area contributed by atoms with Crippen LogP contribution in [0.5, 0.6) is 0 Å². The van der Waals surface area contributed by atoms with E-state index in [9.17, 15) is 0 Å². The fourth-order valence-electron chi connectivity index (χ4n) is 2.89. The lowest BCUT2D eigenvalue weighted by atomic mass is 9.93. The number of nitrogens with one attached hydrogen (secondary N) is 1. The molecule has 0 aliphatic carbocycles. The van der Waals surface area contributed by atoms with E-state index in [1.165, 1.54) is 32.3 Å². The van der Waals surface area contributed by atoms with Gasteiger partial charge in [-0.2, -0.15) is 0 Å². The van der Waals surface area contributed by atoms with Gasteiger partial charge in [-0.15, -0.1) is 0 Å². The Kier molecular flexibility index (Phi) is 3.80. The first-order valence-electron chi connectivity index (χ1n) is 7.64. The van der Waals surface area contributed by atoms with Gasteiger partial charge < -0.3 is 5.32 Å². The SMILES string of the molecule is CC(c1cccc(Cl)c1)c1ccc2c(c1)Nc1ccccc1S2. The van der Waals surface area contributed by atoms with Crippen LogP contribution in [0.3, 0.4) is 0 Å². The number of anilines is 2. The highest BCUT2D eigenvalue weighted by Crippen LogP contribution is 2.45. The molecule has 0 saturated heterocycles. The minimum absolute atomic E-state index is 0.308. The molecule has 0 radical (unpaired) electrons. The molecule has 1 aliphatic rings. The second kappa shape index (κ2) is 5.95. The molecule has 0 saturated carbocycles. The van der Waals surface area contributed by atoms with Crippen LogP contribution in [0.4, 0.5) is 11.4 Å². The molecule has 1 heterocycles. The van der Waals surface area contributed by atoms with Crippen LogP contribution < -0.4 is 5.32 Å². The van der Waals surface area contributed by atoms with Crippen molar-refractivity contribution in [2.75, 3.05) is 5.32 Å². The monoisotopic (exact) mass is 337 g/mol. The van der Waals surface area contributed by atoms with E-state index >= 15 is 0 Å². The van der Waals surface area contributed by atoms with E-state index in [0.717, 1.165) is 5.02 Å². The summed E-state index contributed by atoms with van der Waals surface area (Å²) < 4.78 is 0. The van der Waals surface area contributed by atoms with Crippen LogP contribution in [0.1, 0.15) is 24.0 Å². The molecule has 1 N–H and O–H groups in total. The number of benzene rings is 3. The van der Waals surface area contributed by atoms with E-state index in [0.29, 0.717) is 5.92 Å². The van der Waals surface area contributed by atoms with Gasteiger partial charge in [0.15, 0.2) is 0 Å². The van der Waals surface area contributed by atoms with Crippen molar-refractivity contribution in [1.29, 1.82) is 0 Å². The first-order valence-corrected chi connectivity index (χ1v) is 8.83. The summed E-state index contributed by atoms with van der Waals surface area (Å²) in [5.74, 6) is 0.308. The van der Waals surface area contributed by atoms with Crippen molar-refractivity contribution in [2.24, 2.45) is 0 Å². The third-order valence-corrected chi connectivity index (χ3v) is 5.62. The molecule has 3 heteroatoms. The quantitative estimate of drug-likeness (QED) is 0.436. The normalized spacial score (nSPS) is 13.7. The largest absolute Gasteiger partial charge is 0.354 e. The van der Waals surface area contributed by atoms with Crippen molar-refractivity contribution in [3.63, 3.8) is 0 Å². The third-order valence-electron chi connectivity index (χ3n) is 4.23. The zero-order valence-corrected chi connectivity index (χ0v) is 14.3. The van der Waals surface area contributed by atoms with Crippen LogP contribution in [0.2, 0.25) is 5.02 Å². The van der Waals surface area contributed by atoms with Gasteiger partial charge in [0.05, 0.1) is 11.4 Å². The Hall–Kier alpha value is -1.90. The number of hydrogen-bond acceptors (Lipinski definition) is 2. The molecular weight excluding hydrogens is 322 g/mol. The zero-order valence-electron chi connectivity index (χ0n) is 12.7. The van der Waals surface area contributed by atoms with Gasteiger partial charge in [0.2, 0.25) is 0 Å². The summed E-state index contributed by atoms with van der Waals surface area (Å²) in [7, 11) is 0. The van der Waals surface area contributed by atoms with E-state index in [2.05, 4.69) is 60.8 Å². The molecule has 1 aliphatic heterocycles. The minimum Gasteiger partial charge on any atom is -0.354 e. The lowest BCUT2D eigenvalue weighted by Crippen LogP contribution is -2.02. The molecule has 0 fully saturated rings. The Morgan fingerprint density at radius 2 is 1.61 bits per heavy atom. The Bertz CT molecular complexity index is 875. The average molecular weight is 338 g/mol. The van der Waals surface area contributed by atoms with Gasteiger partial charge in [0.25, 0.3) is 0 Å². The summed E-state index contributed by atoms with van der Waals surface area (Å²) in [5, 5.41) is 4.34. The molecule has 1 unspecified atom stereocenters. The topological polar surface area (TPSA) is 12.0 Å². The van der Waals surface area contributed by atoms with Gasteiger partial charge >= 0.3 is 0 Å². The maximum atomic E-state index is 6.13. The van der Waals surface area contributed by atoms with Crippen molar-refractivity contribution in [2.45, 2.75) is 22.6 Å². The average Bonchev–Trinajstić information content (AvgIpc) is 2.59. The second-order valence-corrected chi connectivity index (χ2v) is 7.28. The van der Waals surface area contributed by atoms with Gasteiger partial charge in [-0.1, -0.05) is 60.6 Å². The highest BCUT2D eigenvalue weighted by molar-refractivity contribution is 7.99. The lowest BCUT2D eigenvalue weighted by Gasteiger charge is -2.22. The zero-order chi connectivity index (χ0) is 15.8. The molecule has 114 valence electrons. The van der Waals surface area contributed by atoms with Gasteiger partial charge in [-0.3, -0.25) is 0 Å². The molecule has 0 bridgehead atoms. The van der Waals surface area contributed by atoms with E-state index < -0.39 is 0 Å². The van der Waals surface area contributed by atoms with Crippen molar-refractivity contribution in [3.8, 4) is 0 Å². The first-order chi connectivity index (χ1) is 11.2. The first kappa shape index (κ1) is 14.7. The number of rotatable bonds is 2. The van der Waals surface area contributed by atoms with Gasteiger partial charge in [-0.25, -0.2) is 0 Å². The summed E-state index contributed by atoms with van der Waals surface area (Å²) in [6.07, 6.45) is 0. The lowest BCUT2D eigenvalue weighted by molar-refractivity contribution is 0.920. The summed E-state index contributed by atoms with van der Waals surface area (Å²) in [4.78, 5) is 2.54. The molecule has 4 rings (SSSR count). The van der Waals surface area contributed by atoms with Crippen LogP contribution in [0.15, 0.2) is 76.5 Å². The summed E-state index contributed by atoms with van der Waals surface area (Å²) in [6.45, 7) is 2.22. The second-order valence-electron chi connectivity index (χ2n) is 5.76. The van der Waals surface area contributed by atoms with Crippen molar-refractivity contribution >= 4 is 34.7 Å². The minimum atomic E-state index is 0.308. The maximum Gasteiger partial charge on any atom is 0.0529 e. The number of fused-ring (bicyclic) bond motifs is 2. The van der Waals surface area contributed by atoms with E-state index in [1.54, 1.807) is 0 Å². The molecule has 23 heavy (non-hydrogen) atoms. The molecule has 0 amide bonds. The highest BCUT2D eigenvalue weighted by atomic mass is 35.5. The molecule has 0 aromatic heterocycles. The van der Waals surface area contributed by atoms with Crippen LogP contribution in [-0.2, 0) is 0 Å². The van der Waals surface area contributed by atoms with E-state index in [4.69, 9.17) is 11.6 Å². The fourth-order valence-corrected chi connectivity index (χ4v) is 4.06. The summed E-state index contributed by atoms with van der Waals surface area (Å²) in [6, 6.07) is 23.2. The van der Waals surface area contributed by atoms with Crippen LogP contribution >= 0.6 is 23.4 Å². The fraction of sp³-hybridized carbons (Fsp3) is 0.100.